The van der Waals surface area contributed by atoms with Crippen molar-refractivity contribution < 1.29 is 38.1 Å². The molecule has 2 amide bonds. The predicted octanol–water partition coefficient (Wildman–Crippen LogP) is 7.07. The Bertz CT molecular complexity index is 1420. The normalized spacial score (nSPS) is 13.2. The number of halogens is 1. The number of nitrogens with zero attached hydrogens (tertiary/aromatic N) is 1. The van der Waals surface area contributed by atoms with Gasteiger partial charge in [-0.05, 0) is 57.2 Å². The molecule has 0 saturated carbocycles. The Morgan fingerprint density at radius 2 is 1.77 bits per heavy atom. The van der Waals surface area contributed by atoms with E-state index in [2.05, 4.69) is 6.92 Å². The van der Waals surface area contributed by atoms with Crippen molar-refractivity contribution in [2.24, 2.45) is 5.73 Å². The highest BCUT2D eigenvalue weighted by molar-refractivity contribution is 6.34. The number of methoxy groups -OCH3 is 3. The molecular formula is C33H43ClN2O8. The van der Waals surface area contributed by atoms with Crippen molar-refractivity contribution in [1.82, 2.24) is 0 Å². The summed E-state index contributed by atoms with van der Waals surface area (Å²) in [6.07, 6.45) is 6.02. The van der Waals surface area contributed by atoms with Gasteiger partial charge in [-0.3, -0.25) is 9.69 Å². The summed E-state index contributed by atoms with van der Waals surface area (Å²) in [7, 11) is 4.50. The molecule has 0 spiro atoms. The van der Waals surface area contributed by atoms with Crippen molar-refractivity contribution in [3.05, 3.63) is 51.1 Å². The zero-order valence-electron chi connectivity index (χ0n) is 26.6. The molecular weight excluding hydrogens is 588 g/mol. The van der Waals surface area contributed by atoms with Crippen LogP contribution in [0.3, 0.4) is 0 Å². The van der Waals surface area contributed by atoms with Crippen molar-refractivity contribution in [3.63, 3.8) is 0 Å². The second-order valence-electron chi connectivity index (χ2n) is 10.7. The number of primary amides is 1. The van der Waals surface area contributed by atoms with Crippen molar-refractivity contribution in [3.8, 4) is 23.0 Å². The number of benzene rings is 2. The lowest BCUT2D eigenvalue weighted by Gasteiger charge is -2.33. The number of carbonyl (C=O) groups excluding carboxylic acids is 3. The minimum atomic E-state index is -0.640. The van der Waals surface area contributed by atoms with Gasteiger partial charge in [-0.15, -0.1) is 0 Å². The number of cyclic esters (lactones) is 1. The number of urea groups is 1. The van der Waals surface area contributed by atoms with Gasteiger partial charge in [-0.2, -0.15) is 0 Å². The average molecular weight is 631 g/mol. The Morgan fingerprint density at radius 3 is 2.36 bits per heavy atom. The van der Waals surface area contributed by atoms with Gasteiger partial charge in [0.25, 0.3) is 0 Å². The summed E-state index contributed by atoms with van der Waals surface area (Å²) < 4.78 is 27.3. The Labute approximate surface area is 264 Å². The van der Waals surface area contributed by atoms with Crippen LogP contribution in [0.5, 0.6) is 23.0 Å². The van der Waals surface area contributed by atoms with E-state index in [4.69, 9.17) is 41.0 Å². The molecule has 0 fully saturated rings. The molecule has 1 aliphatic heterocycles. The minimum absolute atomic E-state index is 0.0921. The van der Waals surface area contributed by atoms with Gasteiger partial charge in [0.2, 0.25) is 0 Å². The largest absolute Gasteiger partial charge is 0.496 e. The van der Waals surface area contributed by atoms with Gasteiger partial charge in [0.1, 0.15) is 17.4 Å². The number of amides is 2. The fraction of sp³-hybridized carbons (Fsp3) is 0.485. The first kappa shape index (κ1) is 34.6. The predicted molar refractivity (Wildman–Crippen MR) is 169 cm³/mol. The number of fused-ring (bicyclic) bond motifs is 1. The molecule has 1 unspecified atom stereocenters. The molecule has 0 saturated heterocycles. The highest BCUT2D eigenvalue weighted by Gasteiger charge is 2.37. The Balaban J connectivity index is 1.93. The Kier molecular flexibility index (Phi) is 12.3. The zero-order valence-corrected chi connectivity index (χ0v) is 27.4. The lowest BCUT2D eigenvalue weighted by molar-refractivity contribution is -0.134. The van der Waals surface area contributed by atoms with Crippen molar-refractivity contribution >= 4 is 35.3 Å². The van der Waals surface area contributed by atoms with Crippen LogP contribution in [-0.4, -0.2) is 45.3 Å². The van der Waals surface area contributed by atoms with Gasteiger partial charge < -0.3 is 29.4 Å². The molecule has 0 aromatic heterocycles. The number of allylic oxidation sites excluding steroid dienone is 2. The summed E-state index contributed by atoms with van der Waals surface area (Å²) in [6.45, 7) is 7.96. The standard InChI is InChI=1S/C33H43ClN2O8/c1-8-10-11-21(9-2)36(33(35)39)29-22(30(41-6)20(4)23-18-43-32(38)27(23)29)14-12-19(3)13-17-26(37)44-24-15-16-25(40-5)31(42-7)28(24)34/h12,15-16,21H,8-11,13-14,17-18H2,1-7H3,(H2,35,39). The fourth-order valence-corrected chi connectivity index (χ4v) is 5.80. The van der Waals surface area contributed by atoms with Crippen molar-refractivity contribution in [1.29, 1.82) is 0 Å². The van der Waals surface area contributed by atoms with Gasteiger partial charge in [0.15, 0.2) is 17.2 Å². The molecule has 44 heavy (non-hydrogen) atoms. The molecule has 1 aliphatic rings. The van der Waals surface area contributed by atoms with Crippen LogP contribution in [0.25, 0.3) is 0 Å². The molecule has 2 aromatic carbocycles. The lowest BCUT2D eigenvalue weighted by atomic mass is 9.91. The highest BCUT2D eigenvalue weighted by Crippen LogP contribution is 2.45. The third kappa shape index (κ3) is 7.41. The third-order valence-electron chi connectivity index (χ3n) is 7.90. The zero-order chi connectivity index (χ0) is 32.6. The van der Waals surface area contributed by atoms with Crippen LogP contribution >= 0.6 is 11.6 Å². The Hall–Kier alpha value is -3.92. The van der Waals surface area contributed by atoms with E-state index in [0.29, 0.717) is 53.1 Å². The van der Waals surface area contributed by atoms with Crippen LogP contribution < -0.4 is 29.6 Å². The van der Waals surface area contributed by atoms with Gasteiger partial charge in [-0.25, -0.2) is 9.59 Å². The molecule has 1 atom stereocenters. The van der Waals surface area contributed by atoms with Crippen LogP contribution in [0.2, 0.25) is 5.02 Å². The number of esters is 2. The Morgan fingerprint density at radius 1 is 1.09 bits per heavy atom. The quantitative estimate of drug-likeness (QED) is 0.126. The van der Waals surface area contributed by atoms with Crippen LogP contribution in [0.4, 0.5) is 10.5 Å². The number of hydrogen-bond donors (Lipinski definition) is 1. The van der Waals surface area contributed by atoms with Crippen LogP contribution in [0, 0.1) is 6.92 Å². The first-order valence-electron chi connectivity index (χ1n) is 14.8. The molecule has 2 N–H and O–H groups in total. The van der Waals surface area contributed by atoms with E-state index in [9.17, 15) is 14.4 Å². The number of unbranched alkanes of at least 4 members (excludes halogenated alkanes) is 1. The average Bonchev–Trinajstić information content (AvgIpc) is 3.39. The maximum absolute atomic E-state index is 13.1. The summed E-state index contributed by atoms with van der Waals surface area (Å²) in [4.78, 5) is 40.4. The van der Waals surface area contributed by atoms with E-state index in [0.717, 1.165) is 30.4 Å². The summed E-state index contributed by atoms with van der Waals surface area (Å²) in [6, 6.07) is 2.31. The molecule has 1 heterocycles. The number of anilines is 1. The minimum Gasteiger partial charge on any atom is -0.496 e. The van der Waals surface area contributed by atoms with Crippen LogP contribution in [0.15, 0.2) is 23.8 Å². The van der Waals surface area contributed by atoms with E-state index >= 15 is 0 Å². The van der Waals surface area contributed by atoms with Crippen LogP contribution in [0.1, 0.15) is 86.3 Å². The van der Waals surface area contributed by atoms with E-state index in [1.807, 2.05) is 26.8 Å². The molecule has 0 radical (unpaired) electrons. The summed E-state index contributed by atoms with van der Waals surface area (Å²) in [5, 5.41) is 0.140. The maximum atomic E-state index is 13.1. The highest BCUT2D eigenvalue weighted by atomic mass is 35.5. The van der Waals surface area contributed by atoms with Gasteiger partial charge >= 0.3 is 18.0 Å². The first-order valence-corrected chi connectivity index (χ1v) is 15.2. The molecule has 3 rings (SSSR count). The third-order valence-corrected chi connectivity index (χ3v) is 8.26. The van der Waals surface area contributed by atoms with E-state index in [-0.39, 0.29) is 35.6 Å². The summed E-state index contributed by atoms with van der Waals surface area (Å²) in [5.41, 5.74) is 9.83. The van der Waals surface area contributed by atoms with Gasteiger partial charge in [-0.1, -0.05) is 49.9 Å². The smallest absolute Gasteiger partial charge is 0.341 e. The number of nitrogens with two attached hydrogens (primary N) is 1. The second kappa shape index (κ2) is 15.7. The maximum Gasteiger partial charge on any atom is 0.341 e. The van der Waals surface area contributed by atoms with E-state index in [1.165, 1.54) is 14.2 Å². The van der Waals surface area contributed by atoms with E-state index < -0.39 is 18.0 Å². The fourth-order valence-electron chi connectivity index (χ4n) is 5.52. The molecule has 11 heteroatoms. The summed E-state index contributed by atoms with van der Waals surface area (Å²) >= 11 is 6.36. The van der Waals surface area contributed by atoms with Gasteiger partial charge in [0, 0.05) is 23.6 Å². The SMILES string of the molecule is CCCCC(CC)N(C(N)=O)c1c(CC=C(C)CCC(=O)Oc2ccc(OC)c(OC)c2Cl)c(OC)c(C)c2c1C(=O)OC2. The molecule has 0 bridgehead atoms. The molecule has 0 aliphatic carbocycles. The first-order chi connectivity index (χ1) is 21.0. The van der Waals surface area contributed by atoms with Crippen molar-refractivity contribution in [2.75, 3.05) is 26.2 Å². The number of hydrogen-bond acceptors (Lipinski definition) is 8. The molecule has 2 aromatic rings. The topological polar surface area (TPSA) is 127 Å². The molecule has 240 valence electrons. The van der Waals surface area contributed by atoms with Crippen LogP contribution in [-0.2, 0) is 22.6 Å². The number of carbonyl (C=O) groups is 3. The summed E-state index contributed by atoms with van der Waals surface area (Å²) in [5.74, 6) is 0.482. The lowest BCUT2D eigenvalue weighted by Crippen LogP contribution is -2.45. The van der Waals surface area contributed by atoms with E-state index in [1.54, 1.807) is 24.1 Å². The van der Waals surface area contributed by atoms with Crippen molar-refractivity contribution in [2.45, 2.75) is 85.3 Å². The number of ether oxygens (including phenoxy) is 5. The monoisotopic (exact) mass is 630 g/mol. The second-order valence-corrected chi connectivity index (χ2v) is 11.0. The van der Waals surface area contributed by atoms with Gasteiger partial charge in [0.05, 0.1) is 32.6 Å². The molecule has 10 nitrogen and oxygen atoms in total. The number of rotatable bonds is 15.